The van der Waals surface area contributed by atoms with E-state index in [0.717, 1.165) is 12.6 Å². The van der Waals surface area contributed by atoms with Crippen LogP contribution in [-0.4, -0.2) is 22.8 Å². The summed E-state index contributed by atoms with van der Waals surface area (Å²) in [4.78, 5) is 0. The zero-order valence-corrected chi connectivity index (χ0v) is 16.9. The van der Waals surface area contributed by atoms with E-state index < -0.39 is 23.1 Å². The van der Waals surface area contributed by atoms with E-state index >= 15 is 0 Å². The Bertz CT molecular complexity index is 265. The molecule has 18 heavy (non-hydrogen) atoms. The Balaban J connectivity index is 4.56. The van der Waals surface area contributed by atoms with Crippen LogP contribution in [0.1, 0.15) is 32.6 Å². The molecule has 0 heterocycles. The van der Waals surface area contributed by atoms with E-state index in [1.165, 1.54) is 19.3 Å². The molecule has 0 spiro atoms. The second-order valence-electron chi connectivity index (χ2n) is 6.80. The van der Waals surface area contributed by atoms with Crippen LogP contribution in [0.25, 0.3) is 0 Å². The molecule has 0 aromatic carbocycles. The highest BCUT2D eigenvalue weighted by atomic mass is 32.5. The summed E-state index contributed by atoms with van der Waals surface area (Å²) in [6.07, 6.45) is 5.90. The highest BCUT2D eigenvalue weighted by molar-refractivity contribution is 8.10. The van der Waals surface area contributed by atoms with Gasteiger partial charge < -0.3 is 8.43 Å². The monoisotopic (exact) mass is 326 g/mol. The SMILES string of the molecule is CCCCCCP(=S)(O[Si](C)(C)C)O[Si](C)(C)C. The fraction of sp³-hybridized carbons (Fsp3) is 1.00. The van der Waals surface area contributed by atoms with Crippen LogP contribution in [0.15, 0.2) is 0 Å². The Morgan fingerprint density at radius 3 is 1.61 bits per heavy atom. The van der Waals surface area contributed by atoms with Crippen molar-refractivity contribution in [1.82, 2.24) is 0 Å². The van der Waals surface area contributed by atoms with E-state index in [2.05, 4.69) is 46.2 Å². The first-order valence-electron chi connectivity index (χ1n) is 6.98. The van der Waals surface area contributed by atoms with Crippen molar-refractivity contribution in [3.8, 4) is 0 Å². The smallest absolute Gasteiger partial charge is 0.192 e. The fourth-order valence-corrected chi connectivity index (χ4v) is 14.6. The lowest BCUT2D eigenvalue weighted by atomic mass is 10.2. The Morgan fingerprint density at radius 2 is 1.28 bits per heavy atom. The highest BCUT2D eigenvalue weighted by Gasteiger charge is 2.32. The molecule has 0 amide bonds. The molecular weight excluding hydrogens is 295 g/mol. The topological polar surface area (TPSA) is 18.5 Å². The average Bonchev–Trinajstić information content (AvgIpc) is 2.05. The summed E-state index contributed by atoms with van der Waals surface area (Å²) in [5.74, 6) is 0. The first-order valence-corrected chi connectivity index (χ1v) is 16.6. The van der Waals surface area contributed by atoms with Gasteiger partial charge in [0.15, 0.2) is 23.1 Å². The maximum atomic E-state index is 6.26. The molecule has 0 aliphatic carbocycles. The molecular formula is C12H31O2PSSi2. The predicted octanol–water partition coefficient (Wildman–Crippen LogP) is 5.58. The molecule has 0 aromatic heterocycles. The largest absolute Gasteiger partial charge is 0.372 e. The van der Waals surface area contributed by atoms with E-state index in [1.807, 2.05) is 0 Å². The van der Waals surface area contributed by atoms with Crippen LogP contribution in [-0.2, 0) is 20.2 Å². The van der Waals surface area contributed by atoms with Crippen molar-refractivity contribution >= 4 is 34.9 Å². The molecule has 0 atom stereocenters. The van der Waals surface area contributed by atoms with E-state index in [9.17, 15) is 0 Å². The summed E-state index contributed by atoms with van der Waals surface area (Å²) >= 11 is 5.78. The minimum Gasteiger partial charge on any atom is -0.372 e. The summed E-state index contributed by atoms with van der Waals surface area (Å²) in [5, 5.41) is 0. The molecule has 2 nitrogen and oxygen atoms in total. The van der Waals surface area contributed by atoms with Crippen molar-refractivity contribution in [2.75, 3.05) is 6.16 Å². The van der Waals surface area contributed by atoms with Gasteiger partial charge in [0.2, 0.25) is 0 Å². The second-order valence-corrected chi connectivity index (χ2v) is 20.1. The minimum absolute atomic E-state index is 0.955. The van der Waals surface area contributed by atoms with Gasteiger partial charge in [-0.25, -0.2) is 0 Å². The van der Waals surface area contributed by atoms with Crippen molar-refractivity contribution in [3.05, 3.63) is 0 Å². The van der Waals surface area contributed by atoms with Crippen molar-refractivity contribution in [1.29, 1.82) is 0 Å². The van der Waals surface area contributed by atoms with E-state index in [4.69, 9.17) is 20.2 Å². The highest BCUT2D eigenvalue weighted by Crippen LogP contribution is 2.53. The standard InChI is InChI=1S/C12H31O2PSSi2/c1-8-9-10-11-12-15(16,13-17(2,3)4)14-18(5,6)7/h8-12H2,1-7H3. The molecule has 6 heteroatoms. The summed E-state index contributed by atoms with van der Waals surface area (Å²) in [6.45, 7) is 13.4. The fourth-order valence-electron chi connectivity index (χ4n) is 1.68. The van der Waals surface area contributed by atoms with Crippen LogP contribution in [0.3, 0.4) is 0 Å². The third kappa shape index (κ3) is 10.9. The molecule has 0 aromatic rings. The van der Waals surface area contributed by atoms with Gasteiger partial charge in [0.05, 0.1) is 0 Å². The summed E-state index contributed by atoms with van der Waals surface area (Å²) in [6, 6.07) is 0. The minimum atomic E-state index is -2.05. The quantitative estimate of drug-likeness (QED) is 0.313. The summed E-state index contributed by atoms with van der Waals surface area (Å²) in [7, 11) is -3.24. The second kappa shape index (κ2) is 7.70. The molecule has 0 fully saturated rings. The van der Waals surface area contributed by atoms with Gasteiger partial charge in [-0.1, -0.05) is 26.2 Å². The molecule has 0 N–H and O–H groups in total. The van der Waals surface area contributed by atoms with E-state index in [1.54, 1.807) is 0 Å². The van der Waals surface area contributed by atoms with Crippen LogP contribution >= 0.6 is 6.49 Å². The third-order valence-corrected chi connectivity index (χ3v) is 11.5. The van der Waals surface area contributed by atoms with Crippen molar-refractivity contribution in [2.45, 2.75) is 71.9 Å². The molecule has 0 radical (unpaired) electrons. The molecule has 0 unspecified atom stereocenters. The first-order chi connectivity index (χ1) is 7.97. The van der Waals surface area contributed by atoms with Gasteiger partial charge in [-0.15, -0.1) is 0 Å². The molecule has 110 valence electrons. The van der Waals surface area contributed by atoms with Gasteiger partial charge in [-0.2, -0.15) is 0 Å². The Kier molecular flexibility index (Phi) is 8.13. The maximum absolute atomic E-state index is 6.26. The van der Waals surface area contributed by atoms with Gasteiger partial charge in [-0.3, -0.25) is 0 Å². The van der Waals surface area contributed by atoms with Crippen molar-refractivity contribution < 1.29 is 8.43 Å². The van der Waals surface area contributed by atoms with E-state index in [0.29, 0.717) is 0 Å². The lowest BCUT2D eigenvalue weighted by Gasteiger charge is -2.34. The maximum Gasteiger partial charge on any atom is 0.192 e. The number of hydrogen-bond acceptors (Lipinski definition) is 3. The first kappa shape index (κ1) is 19.0. The number of hydrogen-bond donors (Lipinski definition) is 0. The van der Waals surface area contributed by atoms with Crippen molar-refractivity contribution in [2.24, 2.45) is 0 Å². The predicted molar refractivity (Wildman–Crippen MR) is 92.2 cm³/mol. The van der Waals surface area contributed by atoms with Crippen LogP contribution in [0.5, 0.6) is 0 Å². The van der Waals surface area contributed by atoms with Crippen LogP contribution < -0.4 is 0 Å². The van der Waals surface area contributed by atoms with Crippen LogP contribution in [0.2, 0.25) is 39.3 Å². The Labute approximate surface area is 121 Å². The molecule has 0 bridgehead atoms. The number of rotatable bonds is 9. The van der Waals surface area contributed by atoms with Crippen molar-refractivity contribution in [3.63, 3.8) is 0 Å². The van der Waals surface area contributed by atoms with Gasteiger partial charge in [0.1, 0.15) is 0 Å². The van der Waals surface area contributed by atoms with E-state index in [-0.39, 0.29) is 0 Å². The van der Waals surface area contributed by atoms with Gasteiger partial charge in [0.25, 0.3) is 0 Å². The Hall–Kier alpha value is 1.00. The average molecular weight is 327 g/mol. The van der Waals surface area contributed by atoms with Crippen LogP contribution in [0.4, 0.5) is 0 Å². The van der Waals surface area contributed by atoms with Crippen LogP contribution in [0, 0.1) is 0 Å². The molecule has 0 saturated heterocycles. The zero-order chi connectivity index (χ0) is 14.4. The van der Waals surface area contributed by atoms with Gasteiger partial charge in [0, 0.05) is 6.16 Å². The number of unbranched alkanes of at least 4 members (excludes halogenated alkanes) is 3. The summed E-state index contributed by atoms with van der Waals surface area (Å²) in [5.41, 5.74) is 0. The van der Waals surface area contributed by atoms with Gasteiger partial charge >= 0.3 is 0 Å². The molecule has 0 aliphatic heterocycles. The lowest BCUT2D eigenvalue weighted by Crippen LogP contribution is -2.30. The summed E-state index contributed by atoms with van der Waals surface area (Å²) < 4.78 is 12.5. The normalized spacial score (nSPS) is 13.9. The Morgan fingerprint density at radius 1 is 0.833 bits per heavy atom. The molecule has 0 rings (SSSR count). The van der Waals surface area contributed by atoms with Gasteiger partial charge in [-0.05, 0) is 57.5 Å². The molecule has 0 aliphatic rings. The lowest BCUT2D eigenvalue weighted by molar-refractivity contribution is 0.480. The third-order valence-electron chi connectivity index (χ3n) is 2.11. The zero-order valence-electron chi connectivity index (χ0n) is 13.2. The molecule has 0 saturated carbocycles.